The number of benzene rings is 2. The molecule has 3 heterocycles. The molecule has 2 aliphatic heterocycles. The summed E-state index contributed by atoms with van der Waals surface area (Å²) < 4.78 is 5.21. The molecule has 0 radical (unpaired) electrons. The molecule has 7 nitrogen and oxygen atoms in total. The monoisotopic (exact) mass is 402 g/mol. The lowest BCUT2D eigenvalue weighted by molar-refractivity contribution is -0.124. The number of anilines is 2. The Morgan fingerprint density at radius 2 is 2.03 bits per heavy atom. The van der Waals surface area contributed by atoms with Crippen LogP contribution in [-0.2, 0) is 22.4 Å². The van der Waals surface area contributed by atoms with E-state index < -0.39 is 0 Å². The van der Waals surface area contributed by atoms with Crippen LogP contribution in [0.15, 0.2) is 53.1 Å². The maximum absolute atomic E-state index is 13.2. The van der Waals surface area contributed by atoms with Crippen molar-refractivity contribution >= 4 is 23.2 Å². The minimum Gasteiger partial charge on any atom is -0.339 e. The highest BCUT2D eigenvalue weighted by molar-refractivity contribution is 6.05. The number of carbonyl (C=O) groups excluding carboxylic acids is 2. The number of amides is 2. The van der Waals surface area contributed by atoms with Crippen molar-refractivity contribution in [3.8, 4) is 11.4 Å². The molecule has 1 unspecified atom stereocenters. The minimum atomic E-state index is -0.326. The van der Waals surface area contributed by atoms with Gasteiger partial charge in [0.25, 0.3) is 0 Å². The van der Waals surface area contributed by atoms with Crippen molar-refractivity contribution in [2.45, 2.75) is 26.2 Å². The topological polar surface area (TPSA) is 79.5 Å². The van der Waals surface area contributed by atoms with E-state index in [1.165, 1.54) is 0 Å². The first kappa shape index (κ1) is 18.5. The maximum atomic E-state index is 13.2. The van der Waals surface area contributed by atoms with Crippen molar-refractivity contribution in [2.75, 3.05) is 22.9 Å². The van der Waals surface area contributed by atoms with Crippen LogP contribution < -0.4 is 9.80 Å². The van der Waals surface area contributed by atoms with Gasteiger partial charge in [0.2, 0.25) is 23.5 Å². The number of aryl methyl sites for hydroxylation is 1. The van der Waals surface area contributed by atoms with Crippen molar-refractivity contribution in [1.82, 2.24) is 10.1 Å². The molecule has 2 aromatic carbocycles. The standard InChI is InChI=1S/C23H22N4O3/c1-2-20-24-22(25-30-20)16-8-9-19-15(12-16)10-11-26(19)23(29)17-13-21(28)27(14-17)18-6-4-3-5-7-18/h3-9,12,17H,2,10-11,13-14H2,1H3. The van der Waals surface area contributed by atoms with Crippen LogP contribution in [0, 0.1) is 5.92 Å². The summed E-state index contributed by atoms with van der Waals surface area (Å²) in [5.41, 5.74) is 3.73. The zero-order chi connectivity index (χ0) is 20.7. The molecule has 0 aliphatic carbocycles. The largest absolute Gasteiger partial charge is 0.339 e. The van der Waals surface area contributed by atoms with E-state index >= 15 is 0 Å². The van der Waals surface area contributed by atoms with Crippen LogP contribution in [-0.4, -0.2) is 35.0 Å². The van der Waals surface area contributed by atoms with E-state index in [1.807, 2.05) is 60.4 Å². The number of carbonyl (C=O) groups is 2. The van der Waals surface area contributed by atoms with Crippen LogP contribution in [0.2, 0.25) is 0 Å². The van der Waals surface area contributed by atoms with Crippen LogP contribution in [0.3, 0.4) is 0 Å². The third-order valence-corrected chi connectivity index (χ3v) is 5.81. The van der Waals surface area contributed by atoms with Gasteiger partial charge < -0.3 is 14.3 Å². The van der Waals surface area contributed by atoms with Crippen molar-refractivity contribution in [1.29, 1.82) is 0 Å². The Hall–Kier alpha value is -3.48. The van der Waals surface area contributed by atoms with E-state index in [9.17, 15) is 9.59 Å². The van der Waals surface area contributed by atoms with Crippen molar-refractivity contribution in [2.24, 2.45) is 5.92 Å². The van der Waals surface area contributed by atoms with Crippen molar-refractivity contribution in [3.05, 3.63) is 60.0 Å². The van der Waals surface area contributed by atoms with Gasteiger partial charge in [0.05, 0.1) is 5.92 Å². The second kappa shape index (κ2) is 7.40. The molecule has 0 spiro atoms. The number of hydrogen-bond acceptors (Lipinski definition) is 5. The molecule has 7 heteroatoms. The highest BCUT2D eigenvalue weighted by Crippen LogP contribution is 2.34. The number of para-hydroxylation sites is 1. The lowest BCUT2D eigenvalue weighted by Crippen LogP contribution is -2.36. The van der Waals surface area contributed by atoms with Crippen LogP contribution in [0.25, 0.3) is 11.4 Å². The van der Waals surface area contributed by atoms with E-state index in [0.29, 0.717) is 31.2 Å². The van der Waals surface area contributed by atoms with E-state index in [1.54, 1.807) is 4.90 Å². The third-order valence-electron chi connectivity index (χ3n) is 5.81. The first-order valence-electron chi connectivity index (χ1n) is 10.3. The predicted molar refractivity (Wildman–Crippen MR) is 112 cm³/mol. The number of hydrogen-bond donors (Lipinski definition) is 0. The molecule has 2 amide bonds. The average molecular weight is 402 g/mol. The molecule has 152 valence electrons. The molecule has 1 atom stereocenters. The van der Waals surface area contributed by atoms with Crippen LogP contribution in [0.5, 0.6) is 0 Å². The van der Waals surface area contributed by atoms with Gasteiger partial charge in [-0.05, 0) is 42.3 Å². The van der Waals surface area contributed by atoms with Crippen LogP contribution in [0.4, 0.5) is 11.4 Å². The fourth-order valence-corrected chi connectivity index (χ4v) is 4.24. The average Bonchev–Trinajstić information content (AvgIpc) is 3.51. The van der Waals surface area contributed by atoms with Gasteiger partial charge in [0, 0.05) is 42.9 Å². The van der Waals surface area contributed by atoms with Crippen molar-refractivity contribution < 1.29 is 14.1 Å². The Kier molecular flexibility index (Phi) is 4.58. The lowest BCUT2D eigenvalue weighted by Gasteiger charge is -2.22. The van der Waals surface area contributed by atoms with Crippen molar-refractivity contribution in [3.63, 3.8) is 0 Å². The maximum Gasteiger partial charge on any atom is 0.232 e. The fraction of sp³-hybridized carbons (Fsp3) is 0.304. The molecule has 0 bridgehead atoms. The van der Waals surface area contributed by atoms with E-state index in [2.05, 4.69) is 10.1 Å². The smallest absolute Gasteiger partial charge is 0.232 e. The van der Waals surface area contributed by atoms with Gasteiger partial charge in [-0.25, -0.2) is 0 Å². The number of fused-ring (bicyclic) bond motifs is 1. The molecule has 1 saturated heterocycles. The van der Waals surface area contributed by atoms with Gasteiger partial charge in [-0.3, -0.25) is 9.59 Å². The summed E-state index contributed by atoms with van der Waals surface area (Å²) in [7, 11) is 0. The fourth-order valence-electron chi connectivity index (χ4n) is 4.24. The summed E-state index contributed by atoms with van der Waals surface area (Å²) in [5.74, 6) is 0.863. The Morgan fingerprint density at radius 3 is 2.80 bits per heavy atom. The second-order valence-corrected chi connectivity index (χ2v) is 7.69. The zero-order valence-corrected chi connectivity index (χ0v) is 16.7. The predicted octanol–water partition coefficient (Wildman–Crippen LogP) is 3.24. The first-order valence-corrected chi connectivity index (χ1v) is 10.3. The molecular weight excluding hydrogens is 380 g/mol. The summed E-state index contributed by atoms with van der Waals surface area (Å²) in [6.45, 7) is 3.02. The number of nitrogens with zero attached hydrogens (tertiary/aromatic N) is 4. The summed E-state index contributed by atoms with van der Waals surface area (Å²) >= 11 is 0. The molecule has 5 rings (SSSR count). The Balaban J connectivity index is 1.34. The minimum absolute atomic E-state index is 0.00171. The Morgan fingerprint density at radius 1 is 1.20 bits per heavy atom. The van der Waals surface area contributed by atoms with Crippen LogP contribution >= 0.6 is 0 Å². The molecule has 0 N–H and O–H groups in total. The highest BCUT2D eigenvalue weighted by atomic mass is 16.5. The van der Waals surface area contributed by atoms with Gasteiger partial charge in [-0.15, -0.1) is 0 Å². The molecule has 1 fully saturated rings. The number of aromatic nitrogens is 2. The van der Waals surface area contributed by atoms with Crippen LogP contribution in [0.1, 0.15) is 24.8 Å². The second-order valence-electron chi connectivity index (χ2n) is 7.69. The molecule has 0 saturated carbocycles. The Bertz CT molecular complexity index is 1110. The van der Waals surface area contributed by atoms with E-state index in [4.69, 9.17) is 4.52 Å². The van der Waals surface area contributed by atoms with Gasteiger partial charge >= 0.3 is 0 Å². The zero-order valence-electron chi connectivity index (χ0n) is 16.7. The van der Waals surface area contributed by atoms with Gasteiger partial charge in [-0.1, -0.05) is 30.3 Å². The molecule has 1 aromatic heterocycles. The molecule has 3 aromatic rings. The van der Waals surface area contributed by atoms with Gasteiger partial charge in [-0.2, -0.15) is 4.98 Å². The molecule has 2 aliphatic rings. The van der Waals surface area contributed by atoms with E-state index in [0.717, 1.165) is 28.9 Å². The van der Waals surface area contributed by atoms with E-state index in [-0.39, 0.29) is 24.2 Å². The first-order chi connectivity index (χ1) is 14.6. The summed E-state index contributed by atoms with van der Waals surface area (Å²) in [6, 6.07) is 15.4. The normalized spacial score (nSPS) is 18.2. The summed E-state index contributed by atoms with van der Waals surface area (Å²) in [4.78, 5) is 33.7. The van der Waals surface area contributed by atoms with Gasteiger partial charge in [0.1, 0.15) is 0 Å². The summed E-state index contributed by atoms with van der Waals surface area (Å²) in [5, 5.41) is 4.04. The summed E-state index contributed by atoms with van der Waals surface area (Å²) in [6.07, 6.45) is 1.72. The molecular formula is C23H22N4O3. The number of rotatable bonds is 4. The highest BCUT2D eigenvalue weighted by Gasteiger charge is 2.39. The molecule has 30 heavy (non-hydrogen) atoms. The third kappa shape index (κ3) is 3.16. The van der Waals surface area contributed by atoms with Gasteiger partial charge in [0.15, 0.2) is 0 Å². The SMILES string of the molecule is CCc1nc(-c2ccc3c(c2)CCN3C(=O)C2CC(=O)N(c3ccccc3)C2)no1. The lowest BCUT2D eigenvalue weighted by atomic mass is 10.1. The Labute approximate surface area is 174 Å². The quantitative estimate of drug-likeness (QED) is 0.669.